The average Bonchev–Trinajstić information content (AvgIpc) is 2.80. The van der Waals surface area contributed by atoms with Crippen molar-refractivity contribution < 1.29 is 9.90 Å². The van der Waals surface area contributed by atoms with Gasteiger partial charge in [-0.2, -0.15) is 0 Å². The van der Waals surface area contributed by atoms with Gasteiger partial charge < -0.3 is 10.0 Å². The van der Waals surface area contributed by atoms with Crippen molar-refractivity contribution in [1.82, 2.24) is 4.98 Å². The van der Waals surface area contributed by atoms with E-state index in [4.69, 9.17) is 5.11 Å². The zero-order valence-corrected chi connectivity index (χ0v) is 13.6. The zero-order valence-electron chi connectivity index (χ0n) is 12.8. The molecular formula is C16H20N2O2S. The monoisotopic (exact) mass is 304 g/mol. The van der Waals surface area contributed by atoms with Crippen LogP contribution in [0.2, 0.25) is 0 Å². The fraction of sp³-hybridized carbons (Fsp3) is 0.375. The van der Waals surface area contributed by atoms with Gasteiger partial charge in [-0.05, 0) is 19.1 Å². The quantitative estimate of drug-likeness (QED) is 0.913. The Kier molecular flexibility index (Phi) is 4.63. The number of nitrogens with zero attached hydrogens (tertiary/aromatic N) is 2. The largest absolute Gasteiger partial charge is 0.481 e. The molecule has 0 radical (unpaired) electrons. The molecule has 0 spiro atoms. The standard InChI is InChI=1S/C16H20N2O2S/c1-10(8-14(19)20)16-15(17-11(2)21-16)12-6-5-7-13(9-12)18(3)4/h5-7,9-10H,8H2,1-4H3,(H,19,20). The predicted octanol–water partition coefficient (Wildman–Crippen LogP) is 3.76. The number of aliphatic carboxylic acids is 1. The molecule has 0 fully saturated rings. The van der Waals surface area contributed by atoms with Crippen LogP contribution in [0.3, 0.4) is 0 Å². The first-order chi connectivity index (χ1) is 9.88. The molecule has 5 heteroatoms. The Labute approximate surface area is 129 Å². The highest BCUT2D eigenvalue weighted by Crippen LogP contribution is 2.36. The van der Waals surface area contributed by atoms with Crippen molar-refractivity contribution in [2.45, 2.75) is 26.2 Å². The predicted molar refractivity (Wildman–Crippen MR) is 87.3 cm³/mol. The molecule has 0 saturated carbocycles. The summed E-state index contributed by atoms with van der Waals surface area (Å²) in [6.07, 6.45) is 0.127. The number of carbonyl (C=O) groups is 1. The number of anilines is 1. The second-order valence-electron chi connectivity index (χ2n) is 5.39. The molecule has 0 aliphatic carbocycles. The number of hydrogen-bond donors (Lipinski definition) is 1. The van der Waals surface area contributed by atoms with E-state index >= 15 is 0 Å². The van der Waals surface area contributed by atoms with E-state index in [9.17, 15) is 4.79 Å². The topological polar surface area (TPSA) is 53.4 Å². The van der Waals surface area contributed by atoms with Gasteiger partial charge in [0, 0.05) is 36.1 Å². The number of benzene rings is 1. The molecule has 0 aliphatic heterocycles. The number of carboxylic acids is 1. The van der Waals surface area contributed by atoms with E-state index in [1.54, 1.807) is 11.3 Å². The van der Waals surface area contributed by atoms with Crippen molar-refractivity contribution in [1.29, 1.82) is 0 Å². The maximum Gasteiger partial charge on any atom is 0.303 e. The first kappa shape index (κ1) is 15.5. The minimum atomic E-state index is -0.776. The SMILES string of the molecule is Cc1nc(-c2cccc(N(C)C)c2)c(C(C)CC(=O)O)s1. The van der Waals surface area contributed by atoms with E-state index in [2.05, 4.69) is 11.1 Å². The fourth-order valence-electron chi connectivity index (χ4n) is 2.27. The lowest BCUT2D eigenvalue weighted by Gasteiger charge is -2.14. The molecule has 1 aromatic carbocycles. The first-order valence-electron chi connectivity index (χ1n) is 6.85. The third-order valence-corrected chi connectivity index (χ3v) is 4.53. The number of hydrogen-bond acceptors (Lipinski definition) is 4. The van der Waals surface area contributed by atoms with E-state index in [0.717, 1.165) is 26.8 Å². The minimum absolute atomic E-state index is 0.0355. The highest BCUT2D eigenvalue weighted by molar-refractivity contribution is 7.12. The third kappa shape index (κ3) is 3.61. The number of thiazole rings is 1. The van der Waals surface area contributed by atoms with Gasteiger partial charge in [-0.25, -0.2) is 4.98 Å². The Morgan fingerprint density at radius 3 is 2.76 bits per heavy atom. The summed E-state index contributed by atoms with van der Waals surface area (Å²) in [6, 6.07) is 8.16. The number of rotatable bonds is 5. The number of aromatic nitrogens is 1. The van der Waals surface area contributed by atoms with Gasteiger partial charge in [0.15, 0.2) is 0 Å². The average molecular weight is 304 g/mol. The minimum Gasteiger partial charge on any atom is -0.481 e. The molecule has 1 atom stereocenters. The second kappa shape index (κ2) is 6.26. The molecule has 21 heavy (non-hydrogen) atoms. The number of carboxylic acid groups (broad SMARTS) is 1. The third-order valence-electron chi connectivity index (χ3n) is 3.32. The lowest BCUT2D eigenvalue weighted by atomic mass is 10.0. The summed E-state index contributed by atoms with van der Waals surface area (Å²) in [5.74, 6) is -0.812. The van der Waals surface area contributed by atoms with Gasteiger partial charge in [0.05, 0.1) is 17.1 Å². The van der Waals surface area contributed by atoms with Crippen LogP contribution in [-0.2, 0) is 4.79 Å². The Bertz CT molecular complexity index is 649. The molecule has 112 valence electrons. The molecule has 4 nitrogen and oxygen atoms in total. The Morgan fingerprint density at radius 1 is 1.43 bits per heavy atom. The van der Waals surface area contributed by atoms with E-state index in [1.807, 2.05) is 51.0 Å². The van der Waals surface area contributed by atoms with Crippen molar-refractivity contribution in [2.75, 3.05) is 19.0 Å². The van der Waals surface area contributed by atoms with Crippen LogP contribution in [0.1, 0.15) is 29.1 Å². The van der Waals surface area contributed by atoms with Crippen LogP contribution in [0, 0.1) is 6.92 Å². The lowest BCUT2D eigenvalue weighted by molar-refractivity contribution is -0.137. The molecular weight excluding hydrogens is 284 g/mol. The van der Waals surface area contributed by atoms with Gasteiger partial charge >= 0.3 is 5.97 Å². The molecule has 0 aliphatic rings. The molecule has 0 saturated heterocycles. The van der Waals surface area contributed by atoms with Crippen molar-refractivity contribution in [3.8, 4) is 11.3 Å². The van der Waals surface area contributed by atoms with Crippen LogP contribution in [0.25, 0.3) is 11.3 Å². The first-order valence-corrected chi connectivity index (χ1v) is 7.67. The normalized spacial score (nSPS) is 12.2. The summed E-state index contributed by atoms with van der Waals surface area (Å²) < 4.78 is 0. The van der Waals surface area contributed by atoms with Gasteiger partial charge in [0.25, 0.3) is 0 Å². The van der Waals surface area contributed by atoms with Crippen molar-refractivity contribution >= 4 is 23.0 Å². The summed E-state index contributed by atoms with van der Waals surface area (Å²) in [5.41, 5.74) is 3.06. The van der Waals surface area contributed by atoms with Crippen LogP contribution in [0.5, 0.6) is 0 Å². The Balaban J connectivity index is 2.44. The summed E-state index contributed by atoms with van der Waals surface area (Å²) in [5, 5.41) is 9.97. The van der Waals surface area contributed by atoms with Gasteiger partial charge in [-0.15, -0.1) is 11.3 Å². The molecule has 1 heterocycles. The highest BCUT2D eigenvalue weighted by atomic mass is 32.1. The van der Waals surface area contributed by atoms with Crippen LogP contribution in [-0.4, -0.2) is 30.2 Å². The van der Waals surface area contributed by atoms with Crippen LogP contribution in [0.4, 0.5) is 5.69 Å². The zero-order chi connectivity index (χ0) is 15.6. The smallest absolute Gasteiger partial charge is 0.303 e. The summed E-state index contributed by atoms with van der Waals surface area (Å²) in [4.78, 5) is 18.7. The van der Waals surface area contributed by atoms with Gasteiger partial charge in [0.2, 0.25) is 0 Å². The summed E-state index contributed by atoms with van der Waals surface area (Å²) in [6.45, 7) is 3.90. The van der Waals surface area contributed by atoms with Crippen molar-refractivity contribution in [3.05, 3.63) is 34.2 Å². The van der Waals surface area contributed by atoms with E-state index in [-0.39, 0.29) is 12.3 Å². The van der Waals surface area contributed by atoms with E-state index in [1.165, 1.54) is 0 Å². The fourth-order valence-corrected chi connectivity index (χ4v) is 3.27. The molecule has 1 N–H and O–H groups in total. The molecule has 2 aromatic rings. The van der Waals surface area contributed by atoms with Gasteiger partial charge in [-0.3, -0.25) is 4.79 Å². The van der Waals surface area contributed by atoms with Gasteiger partial charge in [0.1, 0.15) is 0 Å². The molecule has 0 bridgehead atoms. The van der Waals surface area contributed by atoms with Crippen LogP contribution in [0.15, 0.2) is 24.3 Å². The molecule has 1 aromatic heterocycles. The van der Waals surface area contributed by atoms with Crippen LogP contribution < -0.4 is 4.90 Å². The van der Waals surface area contributed by atoms with Crippen LogP contribution >= 0.6 is 11.3 Å². The second-order valence-corrected chi connectivity index (χ2v) is 6.62. The maximum atomic E-state index is 11.0. The number of aryl methyl sites for hydroxylation is 1. The van der Waals surface area contributed by atoms with Crippen molar-refractivity contribution in [3.63, 3.8) is 0 Å². The molecule has 1 unspecified atom stereocenters. The maximum absolute atomic E-state index is 11.0. The lowest BCUT2D eigenvalue weighted by Crippen LogP contribution is -2.08. The highest BCUT2D eigenvalue weighted by Gasteiger charge is 2.19. The van der Waals surface area contributed by atoms with Gasteiger partial charge in [-0.1, -0.05) is 19.1 Å². The summed E-state index contributed by atoms with van der Waals surface area (Å²) >= 11 is 1.59. The Hall–Kier alpha value is -1.88. The Morgan fingerprint density at radius 2 is 2.14 bits per heavy atom. The van der Waals surface area contributed by atoms with Crippen molar-refractivity contribution in [2.24, 2.45) is 0 Å². The molecule has 0 amide bonds. The molecule has 2 rings (SSSR count). The summed E-state index contributed by atoms with van der Waals surface area (Å²) in [7, 11) is 4.00. The van der Waals surface area contributed by atoms with E-state index in [0.29, 0.717) is 0 Å². The van der Waals surface area contributed by atoms with E-state index < -0.39 is 5.97 Å².